The Morgan fingerprint density at radius 3 is 2.79 bits per heavy atom. The molecule has 1 atom stereocenters. The normalized spacial score (nSPS) is 18.4. The number of anilines is 1. The molecule has 24 heavy (non-hydrogen) atoms. The average Bonchev–Trinajstić information content (AvgIpc) is 2.55. The molecule has 1 aromatic carbocycles. The third-order valence-electron chi connectivity index (χ3n) is 3.76. The van der Waals surface area contributed by atoms with Gasteiger partial charge in [0, 0.05) is 31.9 Å². The molecule has 0 aliphatic carbocycles. The van der Waals surface area contributed by atoms with Gasteiger partial charge in [-0.1, -0.05) is 13.8 Å². The smallest absolute Gasteiger partial charge is 0.170 e. The van der Waals surface area contributed by atoms with Gasteiger partial charge in [0.05, 0.1) is 19.3 Å². The molecule has 0 saturated carbocycles. The van der Waals surface area contributed by atoms with E-state index in [4.69, 9.17) is 21.7 Å². The largest absolute Gasteiger partial charge is 0.494 e. The van der Waals surface area contributed by atoms with E-state index in [9.17, 15) is 0 Å². The number of morpholine rings is 1. The Bertz CT molecular complexity index is 507. The summed E-state index contributed by atoms with van der Waals surface area (Å²) in [5.41, 5.74) is 0.946. The van der Waals surface area contributed by atoms with Crippen LogP contribution < -0.4 is 15.4 Å². The Morgan fingerprint density at radius 2 is 2.12 bits per heavy atom. The van der Waals surface area contributed by atoms with Crippen molar-refractivity contribution in [1.29, 1.82) is 0 Å². The van der Waals surface area contributed by atoms with E-state index in [1.54, 1.807) is 0 Å². The summed E-state index contributed by atoms with van der Waals surface area (Å²) in [6, 6.07) is 7.78. The average molecular weight is 352 g/mol. The number of rotatable bonds is 7. The van der Waals surface area contributed by atoms with Gasteiger partial charge >= 0.3 is 0 Å². The first-order valence-electron chi connectivity index (χ1n) is 8.68. The van der Waals surface area contributed by atoms with Crippen molar-refractivity contribution in [2.45, 2.75) is 26.9 Å². The van der Waals surface area contributed by atoms with Gasteiger partial charge in [0.2, 0.25) is 0 Å². The van der Waals surface area contributed by atoms with Crippen molar-refractivity contribution in [3.8, 4) is 5.75 Å². The van der Waals surface area contributed by atoms with Crippen LogP contribution in [0.2, 0.25) is 0 Å². The van der Waals surface area contributed by atoms with Crippen molar-refractivity contribution >= 4 is 23.0 Å². The van der Waals surface area contributed by atoms with E-state index in [1.165, 1.54) is 0 Å². The minimum Gasteiger partial charge on any atom is -0.494 e. The molecular formula is C18H29N3O2S. The van der Waals surface area contributed by atoms with Crippen LogP contribution in [0.25, 0.3) is 0 Å². The van der Waals surface area contributed by atoms with E-state index < -0.39 is 0 Å². The number of hydrogen-bond acceptors (Lipinski definition) is 4. The van der Waals surface area contributed by atoms with Crippen molar-refractivity contribution in [2.75, 3.05) is 44.7 Å². The molecule has 0 unspecified atom stereocenters. The van der Waals surface area contributed by atoms with Crippen molar-refractivity contribution in [3.63, 3.8) is 0 Å². The van der Waals surface area contributed by atoms with Crippen LogP contribution in [0.5, 0.6) is 5.75 Å². The summed E-state index contributed by atoms with van der Waals surface area (Å²) in [5.74, 6) is 1.54. The third-order valence-corrected chi connectivity index (χ3v) is 4.01. The molecule has 5 nitrogen and oxygen atoms in total. The van der Waals surface area contributed by atoms with E-state index in [1.807, 2.05) is 31.2 Å². The van der Waals surface area contributed by atoms with Crippen LogP contribution in [0.3, 0.4) is 0 Å². The van der Waals surface area contributed by atoms with Crippen LogP contribution in [0, 0.1) is 5.92 Å². The Kier molecular flexibility index (Phi) is 7.75. The second-order valence-electron chi connectivity index (χ2n) is 6.44. The molecule has 1 fully saturated rings. The molecule has 0 bridgehead atoms. The van der Waals surface area contributed by atoms with Crippen molar-refractivity contribution < 1.29 is 9.47 Å². The van der Waals surface area contributed by atoms with Gasteiger partial charge in [0.15, 0.2) is 5.11 Å². The summed E-state index contributed by atoms with van der Waals surface area (Å²) < 4.78 is 11.3. The van der Waals surface area contributed by atoms with Crippen LogP contribution in [0.1, 0.15) is 20.8 Å². The van der Waals surface area contributed by atoms with Crippen molar-refractivity contribution in [1.82, 2.24) is 10.2 Å². The Morgan fingerprint density at radius 1 is 1.38 bits per heavy atom. The van der Waals surface area contributed by atoms with Gasteiger partial charge in [-0.15, -0.1) is 0 Å². The number of nitrogens with one attached hydrogen (secondary N) is 2. The van der Waals surface area contributed by atoms with Crippen LogP contribution in [-0.4, -0.2) is 55.5 Å². The van der Waals surface area contributed by atoms with Gasteiger partial charge in [0.25, 0.3) is 0 Å². The highest BCUT2D eigenvalue weighted by atomic mass is 32.1. The number of thiocarbonyl (C=S) groups is 1. The fourth-order valence-corrected chi connectivity index (χ4v) is 2.97. The molecule has 134 valence electrons. The minimum atomic E-state index is 0.178. The first-order valence-corrected chi connectivity index (χ1v) is 9.09. The van der Waals surface area contributed by atoms with Gasteiger partial charge in [-0.2, -0.15) is 0 Å². The third kappa shape index (κ3) is 6.63. The van der Waals surface area contributed by atoms with Crippen molar-refractivity contribution in [2.24, 2.45) is 5.92 Å². The van der Waals surface area contributed by atoms with Crippen LogP contribution in [0.15, 0.2) is 24.3 Å². The van der Waals surface area contributed by atoms with Gasteiger partial charge < -0.3 is 20.1 Å². The highest BCUT2D eigenvalue weighted by Gasteiger charge is 2.20. The zero-order valence-electron chi connectivity index (χ0n) is 14.9. The first kappa shape index (κ1) is 19.0. The minimum absolute atomic E-state index is 0.178. The summed E-state index contributed by atoms with van der Waals surface area (Å²) in [6.07, 6.45) is 0.178. The fraction of sp³-hybridized carbons (Fsp3) is 0.611. The van der Waals surface area contributed by atoms with Crippen LogP contribution in [-0.2, 0) is 4.74 Å². The molecule has 2 N–H and O–H groups in total. The molecule has 2 rings (SSSR count). The molecule has 1 saturated heterocycles. The molecule has 0 radical (unpaired) electrons. The van der Waals surface area contributed by atoms with E-state index >= 15 is 0 Å². The Balaban J connectivity index is 1.72. The molecule has 0 aromatic heterocycles. The second kappa shape index (κ2) is 9.81. The molecular weight excluding hydrogens is 322 g/mol. The fourth-order valence-electron chi connectivity index (χ4n) is 2.77. The van der Waals surface area contributed by atoms with Crippen LogP contribution >= 0.6 is 12.2 Å². The molecule has 1 heterocycles. The number of ether oxygens (including phenoxy) is 2. The lowest BCUT2D eigenvalue weighted by atomic mass is 10.2. The highest BCUT2D eigenvalue weighted by molar-refractivity contribution is 7.80. The van der Waals surface area contributed by atoms with E-state index in [0.717, 1.165) is 44.2 Å². The van der Waals surface area contributed by atoms with Gasteiger partial charge in [0.1, 0.15) is 5.75 Å². The van der Waals surface area contributed by atoms with E-state index in [0.29, 0.717) is 17.6 Å². The maximum absolute atomic E-state index is 5.82. The molecule has 1 aromatic rings. The highest BCUT2D eigenvalue weighted by Crippen LogP contribution is 2.15. The number of hydrogen-bond donors (Lipinski definition) is 2. The van der Waals surface area contributed by atoms with Crippen LogP contribution in [0.4, 0.5) is 5.69 Å². The zero-order valence-corrected chi connectivity index (χ0v) is 15.7. The van der Waals surface area contributed by atoms with Gasteiger partial charge in [-0.3, -0.25) is 4.90 Å². The lowest BCUT2D eigenvalue weighted by Gasteiger charge is -2.34. The predicted octanol–water partition coefficient (Wildman–Crippen LogP) is 2.73. The Labute approximate surface area is 150 Å². The van der Waals surface area contributed by atoms with Gasteiger partial charge in [-0.25, -0.2) is 0 Å². The SMILES string of the molecule is CCOc1ccc(NC(=S)NC[C@@H]2CN(CC(C)C)CCO2)cc1. The quantitative estimate of drug-likeness (QED) is 0.737. The first-order chi connectivity index (χ1) is 11.6. The lowest BCUT2D eigenvalue weighted by Crippen LogP contribution is -2.48. The molecule has 1 aliphatic heterocycles. The van der Waals surface area contributed by atoms with E-state index in [-0.39, 0.29) is 6.10 Å². The summed E-state index contributed by atoms with van der Waals surface area (Å²) in [7, 11) is 0. The van der Waals surface area contributed by atoms with Gasteiger partial charge in [-0.05, 0) is 49.3 Å². The molecule has 0 amide bonds. The Hall–Kier alpha value is -1.37. The predicted molar refractivity (Wildman–Crippen MR) is 103 cm³/mol. The standard InChI is InChI=1S/C18H29N3O2S/c1-4-22-16-7-5-15(6-8-16)20-18(24)19-11-17-13-21(9-10-23-17)12-14(2)3/h5-8,14,17H,4,9-13H2,1-3H3,(H2,19,20,24)/t17-/m1/s1. The molecule has 1 aliphatic rings. The summed E-state index contributed by atoms with van der Waals surface area (Å²) in [4.78, 5) is 2.46. The summed E-state index contributed by atoms with van der Waals surface area (Å²) in [5, 5.41) is 7.06. The monoisotopic (exact) mass is 351 g/mol. The summed E-state index contributed by atoms with van der Waals surface area (Å²) >= 11 is 5.37. The molecule has 0 spiro atoms. The molecule has 6 heteroatoms. The lowest BCUT2D eigenvalue weighted by molar-refractivity contribution is -0.0283. The topological polar surface area (TPSA) is 45.8 Å². The van der Waals surface area contributed by atoms with Crippen molar-refractivity contribution in [3.05, 3.63) is 24.3 Å². The second-order valence-corrected chi connectivity index (χ2v) is 6.85. The number of benzene rings is 1. The maximum Gasteiger partial charge on any atom is 0.170 e. The number of nitrogens with zero attached hydrogens (tertiary/aromatic N) is 1. The maximum atomic E-state index is 5.82. The summed E-state index contributed by atoms with van der Waals surface area (Å²) in [6.45, 7) is 11.7. The zero-order chi connectivity index (χ0) is 17.4. The van der Waals surface area contributed by atoms with E-state index in [2.05, 4.69) is 29.4 Å².